The summed E-state index contributed by atoms with van der Waals surface area (Å²) in [6.45, 7) is 1.87. The second-order valence-corrected chi connectivity index (χ2v) is 7.84. The Hall–Kier alpha value is -4.65. The van der Waals surface area contributed by atoms with E-state index in [0.29, 0.717) is 22.4 Å². The van der Waals surface area contributed by atoms with Crippen molar-refractivity contribution in [1.82, 2.24) is 9.55 Å². The van der Waals surface area contributed by atoms with Crippen molar-refractivity contribution in [2.75, 3.05) is 5.32 Å². The molecule has 0 aliphatic carbocycles. The molecule has 7 heteroatoms. The first-order valence-electron chi connectivity index (χ1n) is 10.8. The van der Waals surface area contributed by atoms with Crippen molar-refractivity contribution in [3.63, 3.8) is 0 Å². The number of amidine groups is 1. The molecule has 5 aromatic rings. The first kappa shape index (κ1) is 21.2. The van der Waals surface area contributed by atoms with Gasteiger partial charge >= 0.3 is 0 Å². The number of fused-ring (bicyclic) bond motifs is 1. The summed E-state index contributed by atoms with van der Waals surface area (Å²) < 4.78 is 14.2. The third kappa shape index (κ3) is 4.31. The Kier molecular flexibility index (Phi) is 5.66. The Labute approximate surface area is 195 Å². The van der Waals surface area contributed by atoms with Gasteiger partial charge in [0.25, 0.3) is 0 Å². The van der Waals surface area contributed by atoms with E-state index in [1.165, 1.54) is 0 Å². The number of benzene rings is 3. The lowest BCUT2D eigenvalue weighted by molar-refractivity contribution is 0.298. The van der Waals surface area contributed by atoms with Crippen LogP contribution in [0.1, 0.15) is 12.5 Å². The zero-order valence-electron chi connectivity index (χ0n) is 18.5. The number of hydrogen-bond acceptors (Lipinski definition) is 5. The quantitative estimate of drug-likeness (QED) is 0.258. The van der Waals surface area contributed by atoms with Crippen LogP contribution >= 0.6 is 0 Å². The van der Waals surface area contributed by atoms with Crippen LogP contribution in [-0.4, -0.2) is 15.4 Å². The summed E-state index contributed by atoms with van der Waals surface area (Å²) in [5.41, 5.74) is 3.42. The summed E-state index contributed by atoms with van der Waals surface area (Å²) >= 11 is 0. The van der Waals surface area contributed by atoms with Crippen LogP contribution in [0.2, 0.25) is 0 Å². The van der Waals surface area contributed by atoms with Gasteiger partial charge in [-0.15, -0.1) is 0 Å². The van der Waals surface area contributed by atoms with Crippen molar-refractivity contribution in [1.29, 1.82) is 5.41 Å². The number of ether oxygens (including phenoxy) is 1. The molecule has 7 nitrogen and oxygen atoms in total. The normalized spacial score (nSPS) is 10.9. The average molecular weight is 450 g/mol. The average Bonchev–Trinajstić information content (AvgIpc) is 3.39. The van der Waals surface area contributed by atoms with Crippen LogP contribution in [0, 0.1) is 5.41 Å². The van der Waals surface area contributed by atoms with Crippen LogP contribution in [0.25, 0.3) is 28.0 Å². The third-order valence-electron chi connectivity index (χ3n) is 5.34. The minimum absolute atomic E-state index is 0.149. The lowest BCUT2D eigenvalue weighted by atomic mass is 10.1. The minimum Gasteiger partial charge on any atom is -0.481 e. The molecule has 0 radical (unpaired) electrons. The van der Waals surface area contributed by atoms with E-state index in [2.05, 4.69) is 10.3 Å². The van der Waals surface area contributed by atoms with Crippen molar-refractivity contribution >= 4 is 22.5 Å². The number of hydrogen-bond donors (Lipinski definition) is 2. The van der Waals surface area contributed by atoms with Crippen molar-refractivity contribution in [2.45, 2.75) is 13.5 Å². The van der Waals surface area contributed by atoms with E-state index in [1.807, 2.05) is 65.4 Å². The fourth-order valence-electron chi connectivity index (χ4n) is 3.72. The van der Waals surface area contributed by atoms with Crippen molar-refractivity contribution in [3.05, 3.63) is 107 Å². The van der Waals surface area contributed by atoms with Gasteiger partial charge in [-0.2, -0.15) is 0 Å². The van der Waals surface area contributed by atoms with Gasteiger partial charge in [0, 0.05) is 29.3 Å². The summed E-state index contributed by atoms with van der Waals surface area (Å²) in [5, 5.41) is 11.0. The monoisotopic (exact) mass is 450 g/mol. The molecule has 0 unspecified atom stereocenters. The van der Waals surface area contributed by atoms with Crippen LogP contribution < -0.4 is 15.5 Å². The number of rotatable bonds is 6. The van der Waals surface area contributed by atoms with Crippen LogP contribution in [0.4, 0.5) is 5.69 Å². The Morgan fingerprint density at radius 1 is 1.09 bits per heavy atom. The van der Waals surface area contributed by atoms with E-state index in [1.54, 1.807) is 37.6 Å². The highest BCUT2D eigenvalue weighted by Gasteiger charge is 2.19. The topological polar surface area (TPSA) is 93.1 Å². The smallest absolute Gasteiger partial charge is 0.235 e. The van der Waals surface area contributed by atoms with Gasteiger partial charge in [-0.3, -0.25) is 10.2 Å². The maximum absolute atomic E-state index is 13.6. The SMILES string of the molecule is CC(=N)Nc1ccc2oc(-c3ccc(-n4ccnc4)cc3)c(OCc3ccccc3)c(=O)c2c1. The zero-order chi connectivity index (χ0) is 23.5. The molecule has 34 heavy (non-hydrogen) atoms. The van der Waals surface area contributed by atoms with Gasteiger partial charge in [0.15, 0.2) is 5.76 Å². The van der Waals surface area contributed by atoms with Gasteiger partial charge in [0.1, 0.15) is 12.2 Å². The minimum atomic E-state index is -0.267. The second-order valence-electron chi connectivity index (χ2n) is 7.84. The molecule has 0 aliphatic rings. The molecule has 2 N–H and O–H groups in total. The van der Waals surface area contributed by atoms with Crippen LogP contribution in [0.15, 0.2) is 101 Å². The van der Waals surface area contributed by atoms with Gasteiger partial charge in [-0.05, 0) is 55.0 Å². The molecule has 0 atom stereocenters. The molecule has 168 valence electrons. The summed E-state index contributed by atoms with van der Waals surface area (Å²) in [4.78, 5) is 17.6. The lowest BCUT2D eigenvalue weighted by Gasteiger charge is -2.13. The molecular weight excluding hydrogens is 428 g/mol. The predicted octanol–water partition coefficient (Wildman–Crippen LogP) is 5.63. The van der Waals surface area contributed by atoms with Gasteiger partial charge in [-0.25, -0.2) is 4.98 Å². The maximum Gasteiger partial charge on any atom is 0.235 e. The Balaban J connectivity index is 1.61. The first-order chi connectivity index (χ1) is 16.6. The molecule has 2 heterocycles. The molecule has 0 spiro atoms. The number of imidazole rings is 1. The van der Waals surface area contributed by atoms with Crippen LogP contribution in [0.3, 0.4) is 0 Å². The highest BCUT2D eigenvalue weighted by molar-refractivity contribution is 5.94. The molecule has 3 aromatic carbocycles. The van der Waals surface area contributed by atoms with E-state index in [-0.39, 0.29) is 23.6 Å². The lowest BCUT2D eigenvalue weighted by Crippen LogP contribution is -2.11. The standard InChI is InChI=1S/C27H22N4O3/c1-18(28)30-21-9-12-24-23(15-21)25(32)27(33-16-19-5-3-2-4-6-19)26(34-24)20-7-10-22(11-8-20)31-14-13-29-17-31/h2-15,17H,16H2,1H3,(H2,28,30). The Morgan fingerprint density at radius 2 is 1.88 bits per heavy atom. The Bertz CT molecular complexity index is 1510. The van der Waals surface area contributed by atoms with Gasteiger partial charge in [0.05, 0.1) is 17.5 Å². The van der Waals surface area contributed by atoms with Crippen molar-refractivity contribution in [2.24, 2.45) is 0 Å². The number of nitrogens with one attached hydrogen (secondary N) is 2. The van der Waals surface area contributed by atoms with Gasteiger partial charge in [0.2, 0.25) is 11.2 Å². The summed E-state index contributed by atoms with van der Waals surface area (Å²) in [6, 6.07) is 22.5. The number of aromatic nitrogens is 2. The molecule has 2 aromatic heterocycles. The fraction of sp³-hybridized carbons (Fsp3) is 0.0741. The van der Waals surface area contributed by atoms with Crippen LogP contribution in [0.5, 0.6) is 5.75 Å². The van der Waals surface area contributed by atoms with E-state index in [9.17, 15) is 4.79 Å². The van der Waals surface area contributed by atoms with Crippen molar-refractivity contribution in [3.8, 4) is 22.8 Å². The summed E-state index contributed by atoms with van der Waals surface area (Å²) in [6.07, 6.45) is 5.30. The van der Waals surface area contributed by atoms with E-state index < -0.39 is 0 Å². The molecule has 0 fully saturated rings. The second kappa shape index (κ2) is 9.07. The van der Waals surface area contributed by atoms with E-state index >= 15 is 0 Å². The highest BCUT2D eigenvalue weighted by atomic mass is 16.5. The fourth-order valence-corrected chi connectivity index (χ4v) is 3.72. The Morgan fingerprint density at radius 3 is 2.59 bits per heavy atom. The highest BCUT2D eigenvalue weighted by Crippen LogP contribution is 2.32. The molecular formula is C27H22N4O3. The molecule has 0 amide bonds. The van der Waals surface area contributed by atoms with Gasteiger partial charge < -0.3 is 19.0 Å². The van der Waals surface area contributed by atoms with Crippen LogP contribution in [-0.2, 0) is 6.61 Å². The zero-order valence-corrected chi connectivity index (χ0v) is 18.5. The molecule has 0 saturated heterocycles. The van der Waals surface area contributed by atoms with E-state index in [4.69, 9.17) is 14.6 Å². The van der Waals surface area contributed by atoms with E-state index in [0.717, 1.165) is 16.8 Å². The summed E-state index contributed by atoms with van der Waals surface area (Å²) in [5.74, 6) is 0.795. The van der Waals surface area contributed by atoms with Crippen molar-refractivity contribution < 1.29 is 9.15 Å². The largest absolute Gasteiger partial charge is 0.481 e. The summed E-state index contributed by atoms with van der Waals surface area (Å²) in [7, 11) is 0. The van der Waals surface area contributed by atoms with Gasteiger partial charge in [-0.1, -0.05) is 30.3 Å². The predicted molar refractivity (Wildman–Crippen MR) is 133 cm³/mol. The first-order valence-corrected chi connectivity index (χ1v) is 10.8. The molecule has 0 saturated carbocycles. The number of nitrogens with zero attached hydrogens (tertiary/aromatic N) is 2. The number of anilines is 1. The molecule has 0 bridgehead atoms. The molecule has 0 aliphatic heterocycles. The molecule has 5 rings (SSSR count). The maximum atomic E-state index is 13.6. The third-order valence-corrected chi connectivity index (χ3v) is 5.34.